The van der Waals surface area contributed by atoms with E-state index >= 15 is 0 Å². The Bertz CT molecular complexity index is 408. The second-order valence-corrected chi connectivity index (χ2v) is 6.12. The summed E-state index contributed by atoms with van der Waals surface area (Å²) in [6.07, 6.45) is 1.21. The molecule has 0 radical (unpaired) electrons. The highest BCUT2D eigenvalue weighted by molar-refractivity contribution is 5.42. The molecule has 0 aliphatic heterocycles. The predicted octanol–water partition coefficient (Wildman–Crippen LogP) is 4.60. The van der Waals surface area contributed by atoms with Gasteiger partial charge >= 0.3 is 0 Å². The standard InChI is InChI=1S/C17H27N/c1-6-9-18-17-13(5)12(4)15-8-7-14(11(2)3)10-16(15)17/h7-8,10-13,17-18H,6,9H2,1-5H3. The summed E-state index contributed by atoms with van der Waals surface area (Å²) < 4.78 is 0. The van der Waals surface area contributed by atoms with Gasteiger partial charge in [0.1, 0.15) is 0 Å². The number of fused-ring (bicyclic) bond motifs is 1. The molecule has 1 nitrogen and oxygen atoms in total. The molecule has 1 N–H and O–H groups in total. The molecule has 0 heterocycles. The lowest BCUT2D eigenvalue weighted by Crippen LogP contribution is -2.25. The Balaban J connectivity index is 2.34. The zero-order valence-electron chi connectivity index (χ0n) is 12.5. The molecular formula is C17H27N. The maximum absolute atomic E-state index is 3.73. The highest BCUT2D eigenvalue weighted by Gasteiger charge is 2.34. The van der Waals surface area contributed by atoms with Gasteiger partial charge in [-0.05, 0) is 47.4 Å². The topological polar surface area (TPSA) is 12.0 Å². The van der Waals surface area contributed by atoms with E-state index in [1.165, 1.54) is 12.0 Å². The van der Waals surface area contributed by atoms with Crippen molar-refractivity contribution in [2.45, 2.75) is 58.9 Å². The number of benzene rings is 1. The van der Waals surface area contributed by atoms with Gasteiger partial charge in [0.25, 0.3) is 0 Å². The second-order valence-electron chi connectivity index (χ2n) is 6.12. The lowest BCUT2D eigenvalue weighted by Gasteiger charge is -2.20. The molecule has 3 atom stereocenters. The number of rotatable bonds is 4. The fourth-order valence-corrected chi connectivity index (χ4v) is 3.09. The van der Waals surface area contributed by atoms with Crippen molar-refractivity contribution in [2.75, 3.05) is 6.54 Å². The van der Waals surface area contributed by atoms with E-state index in [-0.39, 0.29) is 0 Å². The van der Waals surface area contributed by atoms with E-state index in [4.69, 9.17) is 0 Å². The lowest BCUT2D eigenvalue weighted by molar-refractivity contribution is 0.380. The third kappa shape index (κ3) is 2.33. The predicted molar refractivity (Wildman–Crippen MR) is 79.1 cm³/mol. The van der Waals surface area contributed by atoms with Crippen LogP contribution >= 0.6 is 0 Å². The van der Waals surface area contributed by atoms with Crippen LogP contribution < -0.4 is 5.32 Å². The highest BCUT2D eigenvalue weighted by Crippen LogP contribution is 2.45. The van der Waals surface area contributed by atoms with E-state index < -0.39 is 0 Å². The van der Waals surface area contributed by atoms with Gasteiger partial charge in [-0.2, -0.15) is 0 Å². The molecule has 0 amide bonds. The molecule has 0 spiro atoms. The average Bonchev–Trinajstić information content (AvgIpc) is 2.59. The Morgan fingerprint density at radius 1 is 1.17 bits per heavy atom. The van der Waals surface area contributed by atoms with Crippen molar-refractivity contribution in [1.29, 1.82) is 0 Å². The Labute approximate surface area is 112 Å². The molecule has 1 aromatic carbocycles. The summed E-state index contributed by atoms with van der Waals surface area (Å²) >= 11 is 0. The van der Waals surface area contributed by atoms with Gasteiger partial charge in [-0.25, -0.2) is 0 Å². The smallest absolute Gasteiger partial charge is 0.0354 e. The van der Waals surface area contributed by atoms with Crippen molar-refractivity contribution in [3.63, 3.8) is 0 Å². The molecule has 100 valence electrons. The van der Waals surface area contributed by atoms with Crippen LogP contribution in [0.4, 0.5) is 0 Å². The van der Waals surface area contributed by atoms with E-state index in [1.807, 2.05) is 0 Å². The third-order valence-corrected chi connectivity index (χ3v) is 4.53. The summed E-state index contributed by atoms with van der Waals surface area (Å²) in [6, 6.07) is 7.66. The zero-order chi connectivity index (χ0) is 13.3. The van der Waals surface area contributed by atoms with E-state index in [0.717, 1.165) is 6.54 Å². The molecule has 2 rings (SSSR count). The van der Waals surface area contributed by atoms with Gasteiger partial charge in [0, 0.05) is 6.04 Å². The van der Waals surface area contributed by atoms with Gasteiger partial charge in [0.2, 0.25) is 0 Å². The normalized spacial score (nSPS) is 26.7. The lowest BCUT2D eigenvalue weighted by atomic mass is 9.94. The van der Waals surface area contributed by atoms with Crippen LogP contribution in [-0.2, 0) is 0 Å². The van der Waals surface area contributed by atoms with Crippen molar-refractivity contribution in [3.05, 3.63) is 34.9 Å². The molecule has 1 aliphatic rings. The van der Waals surface area contributed by atoms with Crippen molar-refractivity contribution >= 4 is 0 Å². The molecule has 18 heavy (non-hydrogen) atoms. The van der Waals surface area contributed by atoms with Crippen molar-refractivity contribution in [3.8, 4) is 0 Å². The summed E-state index contributed by atoms with van der Waals surface area (Å²) in [6.45, 7) is 12.7. The first-order valence-corrected chi connectivity index (χ1v) is 7.43. The van der Waals surface area contributed by atoms with Crippen LogP contribution in [0.2, 0.25) is 0 Å². The van der Waals surface area contributed by atoms with Crippen LogP contribution in [0.25, 0.3) is 0 Å². The van der Waals surface area contributed by atoms with Crippen molar-refractivity contribution in [1.82, 2.24) is 5.32 Å². The minimum Gasteiger partial charge on any atom is -0.310 e. The first kappa shape index (κ1) is 13.6. The van der Waals surface area contributed by atoms with Crippen LogP contribution in [-0.4, -0.2) is 6.54 Å². The average molecular weight is 245 g/mol. The molecule has 0 saturated heterocycles. The minimum atomic E-state index is 0.550. The monoisotopic (exact) mass is 245 g/mol. The molecule has 0 bridgehead atoms. The van der Waals surface area contributed by atoms with Crippen LogP contribution in [0.3, 0.4) is 0 Å². The van der Waals surface area contributed by atoms with Crippen molar-refractivity contribution in [2.24, 2.45) is 5.92 Å². The second kappa shape index (κ2) is 5.44. The minimum absolute atomic E-state index is 0.550. The number of nitrogens with one attached hydrogen (secondary N) is 1. The first-order valence-electron chi connectivity index (χ1n) is 7.43. The van der Waals surface area contributed by atoms with E-state index in [2.05, 4.69) is 58.1 Å². The molecule has 0 saturated carbocycles. The van der Waals surface area contributed by atoms with Crippen LogP contribution in [0.1, 0.15) is 75.6 Å². The molecule has 1 aromatic rings. The highest BCUT2D eigenvalue weighted by atomic mass is 14.9. The quantitative estimate of drug-likeness (QED) is 0.817. The van der Waals surface area contributed by atoms with E-state index in [0.29, 0.717) is 23.8 Å². The van der Waals surface area contributed by atoms with Gasteiger partial charge in [-0.15, -0.1) is 0 Å². The van der Waals surface area contributed by atoms with Crippen molar-refractivity contribution < 1.29 is 0 Å². The summed E-state index contributed by atoms with van der Waals surface area (Å²) in [5.74, 6) is 2.00. The Morgan fingerprint density at radius 2 is 1.89 bits per heavy atom. The number of hydrogen-bond donors (Lipinski definition) is 1. The van der Waals surface area contributed by atoms with Gasteiger partial charge in [-0.3, -0.25) is 0 Å². The largest absolute Gasteiger partial charge is 0.310 e. The Morgan fingerprint density at radius 3 is 2.50 bits per heavy atom. The molecule has 0 fully saturated rings. The number of hydrogen-bond acceptors (Lipinski definition) is 1. The van der Waals surface area contributed by atoms with Gasteiger partial charge < -0.3 is 5.32 Å². The molecular weight excluding hydrogens is 218 g/mol. The summed E-state index contributed by atoms with van der Waals surface area (Å²) in [7, 11) is 0. The fraction of sp³-hybridized carbons (Fsp3) is 0.647. The van der Waals surface area contributed by atoms with E-state index in [9.17, 15) is 0 Å². The Hall–Kier alpha value is -0.820. The molecule has 3 unspecified atom stereocenters. The maximum atomic E-state index is 3.73. The summed E-state index contributed by atoms with van der Waals surface area (Å²) in [5.41, 5.74) is 4.58. The van der Waals surface area contributed by atoms with Crippen LogP contribution in [0, 0.1) is 5.92 Å². The summed E-state index contributed by atoms with van der Waals surface area (Å²) in [5, 5.41) is 3.73. The van der Waals surface area contributed by atoms with Gasteiger partial charge in [-0.1, -0.05) is 52.8 Å². The van der Waals surface area contributed by atoms with Gasteiger partial charge in [0.15, 0.2) is 0 Å². The molecule has 1 aliphatic carbocycles. The van der Waals surface area contributed by atoms with Crippen LogP contribution in [0.15, 0.2) is 18.2 Å². The zero-order valence-corrected chi connectivity index (χ0v) is 12.5. The third-order valence-electron chi connectivity index (χ3n) is 4.53. The molecule has 0 aromatic heterocycles. The fourth-order valence-electron chi connectivity index (χ4n) is 3.09. The first-order chi connectivity index (χ1) is 8.56. The van der Waals surface area contributed by atoms with E-state index in [1.54, 1.807) is 11.1 Å². The Kier molecular flexibility index (Phi) is 4.11. The maximum Gasteiger partial charge on any atom is 0.0354 e. The molecule has 1 heteroatoms. The SMILES string of the molecule is CCCNC1c2cc(C(C)C)ccc2C(C)C1C. The van der Waals surface area contributed by atoms with Gasteiger partial charge in [0.05, 0.1) is 0 Å². The summed E-state index contributed by atoms with van der Waals surface area (Å²) in [4.78, 5) is 0. The van der Waals surface area contributed by atoms with Crippen LogP contribution in [0.5, 0.6) is 0 Å².